The van der Waals surface area contributed by atoms with Gasteiger partial charge in [-0.1, -0.05) is 0 Å². The van der Waals surface area contributed by atoms with Crippen LogP contribution in [0.15, 0.2) is 12.1 Å². The zero-order valence-electron chi connectivity index (χ0n) is 19.1. The molecule has 34 heavy (non-hydrogen) atoms. The molecule has 0 radical (unpaired) electrons. The third-order valence-electron chi connectivity index (χ3n) is 5.02. The van der Waals surface area contributed by atoms with Crippen molar-refractivity contribution in [2.75, 3.05) is 40.9 Å². The Morgan fingerprint density at radius 2 is 1.71 bits per heavy atom. The number of rotatable bonds is 10. The van der Waals surface area contributed by atoms with E-state index in [2.05, 4.69) is 15.4 Å². The average molecular weight is 500 g/mol. The molecule has 13 heteroatoms. The number of ether oxygens (including phenoxy) is 4. The van der Waals surface area contributed by atoms with Crippen molar-refractivity contribution < 1.29 is 42.9 Å². The lowest BCUT2D eigenvalue weighted by molar-refractivity contribution is -0.152. The first-order valence-corrected chi connectivity index (χ1v) is 10.6. The Bertz CT molecular complexity index is 944. The molecule has 186 valence electrons. The quantitative estimate of drug-likeness (QED) is 0.254. The predicted molar refractivity (Wildman–Crippen MR) is 118 cm³/mol. The van der Waals surface area contributed by atoms with Gasteiger partial charge in [-0.05, 0) is 18.6 Å². The van der Waals surface area contributed by atoms with Crippen LogP contribution in [0, 0.1) is 0 Å². The third-order valence-corrected chi connectivity index (χ3v) is 5.33. The number of esters is 1. The molecular formula is C21H26ClN3O9. The predicted octanol–water partition coefficient (Wildman–Crippen LogP) is -0.144. The SMILES string of the molecule is COC(=O)[C@H](CCl)NC(=O)CN1C(=O)CC[C@H](NC(=O)c2cc(OC)c(OC)c(OC)c2)C1=O. The first kappa shape index (κ1) is 26.7. The van der Waals surface area contributed by atoms with Gasteiger partial charge in [0.2, 0.25) is 17.6 Å². The lowest BCUT2D eigenvalue weighted by Gasteiger charge is -2.31. The average Bonchev–Trinajstić information content (AvgIpc) is 2.84. The van der Waals surface area contributed by atoms with Crippen molar-refractivity contribution in [2.24, 2.45) is 0 Å². The maximum Gasteiger partial charge on any atom is 0.329 e. The van der Waals surface area contributed by atoms with Crippen LogP contribution in [-0.2, 0) is 23.9 Å². The number of likely N-dealkylation sites (tertiary alicyclic amines) is 1. The van der Waals surface area contributed by atoms with Gasteiger partial charge in [0.05, 0.1) is 34.3 Å². The number of methoxy groups -OCH3 is 4. The van der Waals surface area contributed by atoms with Gasteiger partial charge in [-0.15, -0.1) is 11.6 Å². The molecule has 0 bridgehead atoms. The molecule has 4 amide bonds. The molecule has 1 saturated heterocycles. The second-order valence-corrected chi connectivity index (χ2v) is 7.40. The fourth-order valence-electron chi connectivity index (χ4n) is 3.28. The summed E-state index contributed by atoms with van der Waals surface area (Å²) in [6.07, 6.45) is -0.0203. The van der Waals surface area contributed by atoms with Crippen molar-refractivity contribution in [3.63, 3.8) is 0 Å². The van der Waals surface area contributed by atoms with Crippen LogP contribution >= 0.6 is 11.6 Å². The summed E-state index contributed by atoms with van der Waals surface area (Å²) in [6.45, 7) is -0.640. The van der Waals surface area contributed by atoms with E-state index in [1.165, 1.54) is 33.5 Å². The lowest BCUT2D eigenvalue weighted by Crippen LogP contribution is -2.57. The van der Waals surface area contributed by atoms with Crippen LogP contribution in [0.2, 0.25) is 0 Å². The summed E-state index contributed by atoms with van der Waals surface area (Å²) in [7, 11) is 5.34. The Balaban J connectivity index is 2.14. The zero-order valence-corrected chi connectivity index (χ0v) is 19.9. The number of hydrogen-bond acceptors (Lipinski definition) is 9. The minimum absolute atomic E-state index is 0.0540. The number of nitrogens with zero attached hydrogens (tertiary/aromatic N) is 1. The number of alkyl halides is 1. The van der Waals surface area contributed by atoms with Crippen LogP contribution < -0.4 is 24.8 Å². The van der Waals surface area contributed by atoms with Crippen molar-refractivity contribution in [3.05, 3.63) is 17.7 Å². The van der Waals surface area contributed by atoms with E-state index in [-0.39, 0.29) is 35.8 Å². The number of amides is 4. The Hall–Kier alpha value is -3.54. The van der Waals surface area contributed by atoms with Crippen LogP contribution in [0.1, 0.15) is 23.2 Å². The minimum Gasteiger partial charge on any atom is -0.493 e. The molecule has 2 N–H and O–H groups in total. The highest BCUT2D eigenvalue weighted by atomic mass is 35.5. The molecule has 0 unspecified atom stereocenters. The summed E-state index contributed by atoms with van der Waals surface area (Å²) in [6, 6.07) is 0.644. The van der Waals surface area contributed by atoms with Crippen molar-refractivity contribution in [1.82, 2.24) is 15.5 Å². The number of carbonyl (C=O) groups excluding carboxylic acids is 5. The highest BCUT2D eigenvalue weighted by Gasteiger charge is 2.37. The normalized spacial score (nSPS) is 16.4. The molecule has 1 fully saturated rings. The molecule has 2 rings (SSSR count). The van der Waals surface area contributed by atoms with E-state index >= 15 is 0 Å². The van der Waals surface area contributed by atoms with Gasteiger partial charge in [0.1, 0.15) is 18.6 Å². The molecule has 1 aromatic carbocycles. The first-order valence-electron chi connectivity index (χ1n) is 10.1. The highest BCUT2D eigenvalue weighted by Crippen LogP contribution is 2.38. The van der Waals surface area contributed by atoms with E-state index in [0.29, 0.717) is 5.75 Å². The van der Waals surface area contributed by atoms with Crippen molar-refractivity contribution in [2.45, 2.75) is 24.9 Å². The monoisotopic (exact) mass is 499 g/mol. The van der Waals surface area contributed by atoms with Crippen LogP contribution in [-0.4, -0.2) is 87.4 Å². The van der Waals surface area contributed by atoms with E-state index in [1.807, 2.05) is 0 Å². The smallest absolute Gasteiger partial charge is 0.329 e. The summed E-state index contributed by atoms with van der Waals surface area (Å²) >= 11 is 5.65. The van der Waals surface area contributed by atoms with Crippen molar-refractivity contribution in [1.29, 1.82) is 0 Å². The van der Waals surface area contributed by atoms with Crippen LogP contribution in [0.4, 0.5) is 0 Å². The molecule has 1 aliphatic rings. The maximum absolute atomic E-state index is 12.9. The first-order chi connectivity index (χ1) is 16.2. The Kier molecular flexibility index (Phi) is 9.48. The number of halogens is 1. The summed E-state index contributed by atoms with van der Waals surface area (Å²) in [5.41, 5.74) is 0.131. The maximum atomic E-state index is 12.9. The Labute approximate surface area is 200 Å². The summed E-state index contributed by atoms with van der Waals surface area (Å²) in [5.74, 6) is -2.99. The standard InChI is InChI=1S/C21H26ClN3O9/c1-31-14-7-11(8-15(32-2)18(14)33-3)19(28)24-12-5-6-17(27)25(20(12)29)10-16(26)23-13(9-22)21(30)34-4/h7-8,12-13H,5-6,9-10H2,1-4H3,(H,23,26)(H,24,28)/t12-,13-/m0/s1. The number of piperidine rings is 1. The Morgan fingerprint density at radius 3 is 2.21 bits per heavy atom. The molecule has 1 heterocycles. The number of imide groups is 1. The highest BCUT2D eigenvalue weighted by molar-refractivity contribution is 6.20. The molecule has 12 nitrogen and oxygen atoms in total. The second-order valence-electron chi connectivity index (χ2n) is 7.09. The van der Waals surface area contributed by atoms with Gasteiger partial charge in [-0.25, -0.2) is 4.79 Å². The van der Waals surface area contributed by atoms with E-state index in [9.17, 15) is 24.0 Å². The molecule has 0 aromatic heterocycles. The summed E-state index contributed by atoms with van der Waals surface area (Å²) < 4.78 is 20.2. The Morgan fingerprint density at radius 1 is 1.09 bits per heavy atom. The summed E-state index contributed by atoms with van der Waals surface area (Å²) in [5, 5.41) is 4.87. The van der Waals surface area contributed by atoms with Gasteiger partial charge in [0, 0.05) is 12.0 Å². The number of hydrogen-bond donors (Lipinski definition) is 2. The van der Waals surface area contributed by atoms with Gasteiger partial charge < -0.3 is 29.6 Å². The number of carbonyl (C=O) groups is 5. The fourth-order valence-corrected chi connectivity index (χ4v) is 3.48. The van der Waals surface area contributed by atoms with Crippen LogP contribution in [0.5, 0.6) is 17.2 Å². The second kappa shape index (κ2) is 12.1. The molecular weight excluding hydrogens is 474 g/mol. The zero-order chi connectivity index (χ0) is 25.4. The molecule has 2 atom stereocenters. The number of benzene rings is 1. The topological polar surface area (TPSA) is 150 Å². The van der Waals surface area contributed by atoms with Gasteiger partial charge in [0.25, 0.3) is 11.8 Å². The van der Waals surface area contributed by atoms with Gasteiger partial charge in [0.15, 0.2) is 11.5 Å². The van der Waals surface area contributed by atoms with E-state index in [4.69, 9.17) is 25.8 Å². The molecule has 0 spiro atoms. The minimum atomic E-state index is -1.13. The van der Waals surface area contributed by atoms with Crippen molar-refractivity contribution in [3.8, 4) is 17.2 Å². The van der Waals surface area contributed by atoms with Crippen LogP contribution in [0.3, 0.4) is 0 Å². The van der Waals surface area contributed by atoms with Gasteiger partial charge in [-0.2, -0.15) is 0 Å². The van der Waals surface area contributed by atoms with Gasteiger partial charge >= 0.3 is 5.97 Å². The molecule has 0 aliphatic carbocycles. The summed E-state index contributed by atoms with van der Waals surface area (Å²) in [4.78, 5) is 62.6. The molecule has 1 aromatic rings. The van der Waals surface area contributed by atoms with E-state index < -0.39 is 48.2 Å². The van der Waals surface area contributed by atoms with E-state index in [0.717, 1.165) is 12.0 Å². The van der Waals surface area contributed by atoms with Crippen LogP contribution in [0.25, 0.3) is 0 Å². The molecule has 1 aliphatic heterocycles. The number of nitrogens with one attached hydrogen (secondary N) is 2. The lowest BCUT2D eigenvalue weighted by atomic mass is 10.0. The largest absolute Gasteiger partial charge is 0.493 e. The van der Waals surface area contributed by atoms with Gasteiger partial charge in [-0.3, -0.25) is 24.1 Å². The van der Waals surface area contributed by atoms with E-state index in [1.54, 1.807) is 0 Å². The third kappa shape index (κ3) is 6.07. The fraction of sp³-hybridized carbons (Fsp3) is 0.476. The molecule has 0 saturated carbocycles. The van der Waals surface area contributed by atoms with Crippen molar-refractivity contribution >= 4 is 41.2 Å².